The molecule has 6 heteroatoms. The average Bonchev–Trinajstić information content (AvgIpc) is 2.33. The molecule has 0 radical (unpaired) electrons. The third-order valence-electron chi connectivity index (χ3n) is 1.94. The zero-order chi connectivity index (χ0) is 12.3. The molecule has 0 atom stereocenters. The van der Waals surface area contributed by atoms with Crippen LogP contribution in [0.4, 0.5) is 0 Å². The molecule has 0 saturated heterocycles. The summed E-state index contributed by atoms with van der Waals surface area (Å²) in [5.41, 5.74) is 5.15. The lowest BCUT2D eigenvalue weighted by Gasteiger charge is -2.05. The van der Waals surface area contributed by atoms with Crippen LogP contribution in [0.1, 0.15) is 10.5 Å². The van der Waals surface area contributed by atoms with Gasteiger partial charge in [-0.05, 0) is 34.1 Å². The Hall–Kier alpha value is -1.95. The van der Waals surface area contributed by atoms with Gasteiger partial charge in [-0.2, -0.15) is 0 Å². The summed E-state index contributed by atoms with van der Waals surface area (Å²) in [5.74, 6) is 0.292. The first-order chi connectivity index (χ1) is 8.16. The fraction of sp³-hybridized carbons (Fsp3) is 0. The third-order valence-corrected chi connectivity index (χ3v) is 2.60. The molecule has 0 bridgehead atoms. The smallest absolute Gasteiger partial charge is 0.269 e. The number of hydrogen-bond acceptors (Lipinski definition) is 4. The van der Waals surface area contributed by atoms with E-state index in [4.69, 9.17) is 10.5 Å². The standard InChI is InChI=1S/C11H8BrN3O2/c12-7-3-1-2-4-9(7)17-10-6-5-8(11(13)16)14-15-10/h1-6H,(H2,13,16). The Balaban J connectivity index is 2.20. The summed E-state index contributed by atoms with van der Waals surface area (Å²) in [6.07, 6.45) is 0. The largest absolute Gasteiger partial charge is 0.436 e. The number of carbonyl (C=O) groups excluding carboxylic acids is 1. The van der Waals surface area contributed by atoms with Crippen LogP contribution in [-0.2, 0) is 0 Å². The summed E-state index contributed by atoms with van der Waals surface area (Å²) >= 11 is 3.34. The molecule has 5 nitrogen and oxygen atoms in total. The van der Waals surface area contributed by atoms with Crippen molar-refractivity contribution in [2.24, 2.45) is 5.73 Å². The van der Waals surface area contributed by atoms with Crippen molar-refractivity contribution in [2.75, 3.05) is 0 Å². The first-order valence-corrected chi connectivity index (χ1v) is 5.52. The number of nitrogens with two attached hydrogens (primary N) is 1. The molecule has 2 N–H and O–H groups in total. The van der Waals surface area contributed by atoms with Crippen LogP contribution in [0.15, 0.2) is 40.9 Å². The van der Waals surface area contributed by atoms with Crippen molar-refractivity contribution >= 4 is 21.8 Å². The lowest BCUT2D eigenvalue weighted by atomic mass is 10.3. The maximum atomic E-state index is 10.8. The van der Waals surface area contributed by atoms with E-state index in [2.05, 4.69) is 26.1 Å². The van der Waals surface area contributed by atoms with Crippen molar-refractivity contribution in [1.82, 2.24) is 10.2 Å². The number of rotatable bonds is 3. The molecule has 1 aromatic carbocycles. The fourth-order valence-electron chi connectivity index (χ4n) is 1.15. The molecular formula is C11H8BrN3O2. The van der Waals surface area contributed by atoms with Crippen LogP contribution < -0.4 is 10.5 Å². The van der Waals surface area contributed by atoms with E-state index in [0.717, 1.165) is 4.47 Å². The molecule has 17 heavy (non-hydrogen) atoms. The molecule has 0 unspecified atom stereocenters. The lowest BCUT2D eigenvalue weighted by molar-refractivity contribution is 0.0994. The summed E-state index contributed by atoms with van der Waals surface area (Å²) in [6, 6.07) is 10.3. The average molecular weight is 294 g/mol. The number of hydrogen-bond donors (Lipinski definition) is 1. The van der Waals surface area contributed by atoms with E-state index in [-0.39, 0.29) is 5.69 Å². The number of carbonyl (C=O) groups is 1. The third kappa shape index (κ3) is 2.79. The van der Waals surface area contributed by atoms with Gasteiger partial charge in [0.15, 0.2) is 5.69 Å². The fourth-order valence-corrected chi connectivity index (χ4v) is 1.51. The monoisotopic (exact) mass is 293 g/mol. The van der Waals surface area contributed by atoms with Gasteiger partial charge in [0.25, 0.3) is 5.91 Å². The molecule has 0 aliphatic heterocycles. The van der Waals surface area contributed by atoms with Gasteiger partial charge in [0.1, 0.15) is 5.75 Å². The Morgan fingerprint density at radius 2 is 1.94 bits per heavy atom. The van der Waals surface area contributed by atoms with Gasteiger partial charge < -0.3 is 10.5 Å². The Morgan fingerprint density at radius 3 is 2.53 bits per heavy atom. The Bertz CT molecular complexity index is 543. The molecule has 1 aromatic heterocycles. The second-order valence-corrected chi connectivity index (χ2v) is 4.01. The van der Waals surface area contributed by atoms with Crippen molar-refractivity contribution in [3.63, 3.8) is 0 Å². The van der Waals surface area contributed by atoms with E-state index < -0.39 is 5.91 Å². The molecule has 1 heterocycles. The van der Waals surface area contributed by atoms with Gasteiger partial charge in [0.05, 0.1) is 4.47 Å². The van der Waals surface area contributed by atoms with E-state index >= 15 is 0 Å². The molecular weight excluding hydrogens is 286 g/mol. The number of amides is 1. The maximum Gasteiger partial charge on any atom is 0.269 e. The Labute approximate surface area is 106 Å². The van der Waals surface area contributed by atoms with Crippen molar-refractivity contribution in [3.8, 4) is 11.6 Å². The predicted octanol–water partition coefficient (Wildman–Crippen LogP) is 2.13. The maximum absolute atomic E-state index is 10.8. The second kappa shape index (κ2) is 4.92. The minimum atomic E-state index is -0.620. The Kier molecular flexibility index (Phi) is 3.34. The van der Waals surface area contributed by atoms with Crippen molar-refractivity contribution in [3.05, 3.63) is 46.6 Å². The quantitative estimate of drug-likeness (QED) is 0.940. The van der Waals surface area contributed by atoms with Crippen LogP contribution in [0.5, 0.6) is 11.6 Å². The van der Waals surface area contributed by atoms with Gasteiger partial charge in [-0.3, -0.25) is 4.79 Å². The molecule has 0 fully saturated rings. The van der Waals surface area contributed by atoms with Crippen LogP contribution in [0.25, 0.3) is 0 Å². The second-order valence-electron chi connectivity index (χ2n) is 3.15. The number of para-hydroxylation sites is 1. The van der Waals surface area contributed by atoms with Crippen LogP contribution in [0.3, 0.4) is 0 Å². The highest BCUT2D eigenvalue weighted by atomic mass is 79.9. The highest BCUT2D eigenvalue weighted by molar-refractivity contribution is 9.10. The molecule has 0 aliphatic carbocycles. The SMILES string of the molecule is NC(=O)c1ccc(Oc2ccccc2Br)nn1. The van der Waals surface area contributed by atoms with E-state index in [0.29, 0.717) is 11.6 Å². The van der Waals surface area contributed by atoms with Crippen molar-refractivity contribution < 1.29 is 9.53 Å². The van der Waals surface area contributed by atoms with Crippen LogP contribution in [0, 0.1) is 0 Å². The van der Waals surface area contributed by atoms with Gasteiger partial charge in [0, 0.05) is 6.07 Å². The summed E-state index contributed by atoms with van der Waals surface area (Å²) in [7, 11) is 0. The summed E-state index contributed by atoms with van der Waals surface area (Å²) < 4.78 is 6.28. The summed E-state index contributed by atoms with van der Waals surface area (Å²) in [6.45, 7) is 0. The Morgan fingerprint density at radius 1 is 1.18 bits per heavy atom. The first-order valence-electron chi connectivity index (χ1n) is 4.73. The highest BCUT2D eigenvalue weighted by Crippen LogP contribution is 2.27. The van der Waals surface area contributed by atoms with Crippen LogP contribution in [-0.4, -0.2) is 16.1 Å². The minimum Gasteiger partial charge on any atom is -0.436 e. The van der Waals surface area contributed by atoms with Gasteiger partial charge in [-0.1, -0.05) is 12.1 Å². The van der Waals surface area contributed by atoms with Gasteiger partial charge in [0.2, 0.25) is 5.88 Å². The first kappa shape index (κ1) is 11.5. The minimum absolute atomic E-state index is 0.101. The van der Waals surface area contributed by atoms with Gasteiger partial charge >= 0.3 is 0 Å². The van der Waals surface area contributed by atoms with Crippen LogP contribution in [0.2, 0.25) is 0 Å². The number of halogens is 1. The molecule has 1 amide bonds. The molecule has 0 spiro atoms. The lowest BCUT2D eigenvalue weighted by Crippen LogP contribution is -2.13. The zero-order valence-electron chi connectivity index (χ0n) is 8.63. The predicted molar refractivity (Wildman–Crippen MR) is 64.8 cm³/mol. The summed E-state index contributed by atoms with van der Waals surface area (Å²) in [5, 5.41) is 7.38. The molecule has 0 saturated carbocycles. The van der Waals surface area contributed by atoms with E-state index in [1.165, 1.54) is 12.1 Å². The molecule has 86 valence electrons. The normalized spacial score (nSPS) is 9.94. The number of aromatic nitrogens is 2. The topological polar surface area (TPSA) is 78.1 Å². The van der Waals surface area contributed by atoms with Gasteiger partial charge in [-0.25, -0.2) is 0 Å². The molecule has 2 aromatic rings. The van der Waals surface area contributed by atoms with E-state index in [9.17, 15) is 4.79 Å². The number of nitrogens with zero attached hydrogens (tertiary/aromatic N) is 2. The van der Waals surface area contributed by atoms with Crippen LogP contribution >= 0.6 is 15.9 Å². The van der Waals surface area contributed by atoms with Gasteiger partial charge in [-0.15, -0.1) is 10.2 Å². The number of ether oxygens (including phenoxy) is 1. The summed E-state index contributed by atoms with van der Waals surface area (Å²) in [4.78, 5) is 10.8. The highest BCUT2D eigenvalue weighted by Gasteiger charge is 2.06. The number of primary amides is 1. The number of benzene rings is 1. The van der Waals surface area contributed by atoms with E-state index in [1.54, 1.807) is 6.07 Å². The van der Waals surface area contributed by atoms with Crippen molar-refractivity contribution in [1.29, 1.82) is 0 Å². The van der Waals surface area contributed by atoms with E-state index in [1.807, 2.05) is 18.2 Å². The molecule has 2 rings (SSSR count). The zero-order valence-corrected chi connectivity index (χ0v) is 10.2. The van der Waals surface area contributed by atoms with Crippen molar-refractivity contribution in [2.45, 2.75) is 0 Å². The molecule has 0 aliphatic rings.